The van der Waals surface area contributed by atoms with Crippen LogP contribution in [0.2, 0.25) is 0 Å². The Morgan fingerprint density at radius 1 is 1.00 bits per heavy atom. The third kappa shape index (κ3) is 1.80. The van der Waals surface area contributed by atoms with Crippen LogP contribution < -0.4 is 0 Å². The predicted octanol–water partition coefficient (Wildman–Crippen LogP) is 1.81. The van der Waals surface area contributed by atoms with Crippen molar-refractivity contribution < 1.29 is 26.7 Å². The molecule has 0 aromatic carbocycles. The summed E-state index contributed by atoms with van der Waals surface area (Å²) in [5.41, 5.74) is 0. The Balaban J connectivity index is 2.76. The van der Waals surface area contributed by atoms with E-state index in [4.69, 9.17) is 0 Å². The van der Waals surface area contributed by atoms with E-state index in [1.165, 1.54) is 0 Å². The van der Waals surface area contributed by atoms with Crippen LogP contribution in [0.3, 0.4) is 0 Å². The zero-order valence-electron chi connectivity index (χ0n) is 7.07. The van der Waals surface area contributed by atoms with E-state index in [-0.39, 0.29) is 13.1 Å². The summed E-state index contributed by atoms with van der Waals surface area (Å²) in [5.74, 6) is -7.39. The first-order valence-electron chi connectivity index (χ1n) is 4.01. The molecular formula is C7H8F5NO. The van der Waals surface area contributed by atoms with Gasteiger partial charge in [-0.1, -0.05) is 0 Å². The lowest BCUT2D eigenvalue weighted by Crippen LogP contribution is -2.51. The van der Waals surface area contributed by atoms with Gasteiger partial charge in [0.2, 0.25) is 0 Å². The maximum atomic E-state index is 12.5. The molecule has 1 rings (SSSR count). The van der Waals surface area contributed by atoms with Gasteiger partial charge in [-0.05, 0) is 12.8 Å². The van der Waals surface area contributed by atoms with Gasteiger partial charge in [-0.2, -0.15) is 22.0 Å². The van der Waals surface area contributed by atoms with Crippen LogP contribution in [-0.2, 0) is 4.79 Å². The summed E-state index contributed by atoms with van der Waals surface area (Å²) >= 11 is 0. The topological polar surface area (TPSA) is 20.3 Å². The van der Waals surface area contributed by atoms with Gasteiger partial charge in [0.1, 0.15) is 0 Å². The monoisotopic (exact) mass is 217 g/mol. The van der Waals surface area contributed by atoms with Gasteiger partial charge in [-0.25, -0.2) is 0 Å². The van der Waals surface area contributed by atoms with E-state index in [9.17, 15) is 26.7 Å². The number of likely N-dealkylation sites (tertiary alicyclic amines) is 1. The van der Waals surface area contributed by atoms with Crippen molar-refractivity contribution in [3.05, 3.63) is 0 Å². The van der Waals surface area contributed by atoms with Crippen LogP contribution in [0.25, 0.3) is 0 Å². The molecule has 0 spiro atoms. The molecule has 0 aromatic rings. The summed E-state index contributed by atoms with van der Waals surface area (Å²) in [6.07, 6.45) is -4.86. The standard InChI is InChI=1S/C7H8F5NO/c8-6(9,7(10,11)12)5(14)13-3-1-2-4-13/h1-4H2. The second kappa shape index (κ2) is 3.36. The number of carbonyl (C=O) groups is 1. The van der Waals surface area contributed by atoms with E-state index in [0.29, 0.717) is 17.7 Å². The molecule has 1 heterocycles. The molecule has 7 heteroatoms. The molecule has 0 saturated carbocycles. The minimum Gasteiger partial charge on any atom is -0.337 e. The largest absolute Gasteiger partial charge is 0.463 e. The van der Waals surface area contributed by atoms with Crippen LogP contribution >= 0.6 is 0 Å². The molecule has 1 fully saturated rings. The second-order valence-electron chi connectivity index (χ2n) is 3.07. The molecule has 0 unspecified atom stereocenters. The molecule has 0 radical (unpaired) electrons. The summed E-state index contributed by atoms with van der Waals surface area (Å²) in [7, 11) is 0. The zero-order valence-corrected chi connectivity index (χ0v) is 7.07. The molecule has 82 valence electrons. The van der Waals surface area contributed by atoms with E-state index in [1.54, 1.807) is 0 Å². The van der Waals surface area contributed by atoms with Crippen molar-refractivity contribution in [2.45, 2.75) is 24.9 Å². The smallest absolute Gasteiger partial charge is 0.337 e. The van der Waals surface area contributed by atoms with Gasteiger partial charge in [-0.3, -0.25) is 4.79 Å². The molecule has 14 heavy (non-hydrogen) atoms. The van der Waals surface area contributed by atoms with Gasteiger partial charge in [0.05, 0.1) is 0 Å². The van der Waals surface area contributed by atoms with Gasteiger partial charge in [0.15, 0.2) is 0 Å². The first kappa shape index (κ1) is 11.2. The van der Waals surface area contributed by atoms with E-state index in [1.807, 2.05) is 0 Å². The van der Waals surface area contributed by atoms with E-state index in [0.717, 1.165) is 0 Å². The van der Waals surface area contributed by atoms with Crippen molar-refractivity contribution >= 4 is 5.91 Å². The lowest BCUT2D eigenvalue weighted by molar-refractivity contribution is -0.274. The van der Waals surface area contributed by atoms with Crippen LogP contribution in [-0.4, -0.2) is 36.0 Å². The zero-order chi connectivity index (χ0) is 11.0. The molecule has 1 aliphatic rings. The molecule has 0 bridgehead atoms. The lowest BCUT2D eigenvalue weighted by Gasteiger charge is -2.24. The number of amides is 1. The van der Waals surface area contributed by atoms with Crippen molar-refractivity contribution in [3.8, 4) is 0 Å². The van der Waals surface area contributed by atoms with Crippen LogP contribution in [0.15, 0.2) is 0 Å². The van der Waals surface area contributed by atoms with Gasteiger partial charge in [0, 0.05) is 13.1 Å². The van der Waals surface area contributed by atoms with Crippen molar-refractivity contribution in [2.24, 2.45) is 0 Å². The van der Waals surface area contributed by atoms with Crippen LogP contribution in [0, 0.1) is 0 Å². The number of carbonyl (C=O) groups excluding carboxylic acids is 1. The Labute approximate surface area is 76.7 Å². The minimum absolute atomic E-state index is 0.0233. The number of alkyl halides is 5. The minimum atomic E-state index is -5.80. The molecule has 1 aliphatic heterocycles. The van der Waals surface area contributed by atoms with Crippen molar-refractivity contribution in [1.29, 1.82) is 0 Å². The van der Waals surface area contributed by atoms with Gasteiger partial charge in [-0.15, -0.1) is 0 Å². The normalized spacial score (nSPS) is 18.8. The van der Waals surface area contributed by atoms with Gasteiger partial charge >= 0.3 is 18.0 Å². The van der Waals surface area contributed by atoms with Crippen molar-refractivity contribution in [1.82, 2.24) is 4.90 Å². The number of halogens is 5. The molecule has 2 nitrogen and oxygen atoms in total. The fourth-order valence-electron chi connectivity index (χ4n) is 1.24. The second-order valence-corrected chi connectivity index (χ2v) is 3.07. The fraction of sp³-hybridized carbons (Fsp3) is 0.857. The first-order valence-corrected chi connectivity index (χ1v) is 4.01. The fourth-order valence-corrected chi connectivity index (χ4v) is 1.24. The Morgan fingerprint density at radius 2 is 1.43 bits per heavy atom. The highest BCUT2D eigenvalue weighted by atomic mass is 19.4. The highest BCUT2D eigenvalue weighted by Crippen LogP contribution is 2.37. The predicted molar refractivity (Wildman–Crippen MR) is 36.8 cm³/mol. The molecule has 0 N–H and O–H groups in total. The Kier molecular flexibility index (Phi) is 2.69. The summed E-state index contributed by atoms with van der Waals surface area (Å²) < 4.78 is 60.1. The van der Waals surface area contributed by atoms with E-state index in [2.05, 4.69) is 0 Å². The van der Waals surface area contributed by atoms with Crippen molar-refractivity contribution in [3.63, 3.8) is 0 Å². The number of hydrogen-bond donors (Lipinski definition) is 0. The summed E-state index contributed by atoms with van der Waals surface area (Å²) in [6.45, 7) is -0.0466. The average Bonchev–Trinajstić information content (AvgIpc) is 2.52. The maximum Gasteiger partial charge on any atom is 0.463 e. The Morgan fingerprint density at radius 3 is 1.79 bits per heavy atom. The summed E-state index contributed by atoms with van der Waals surface area (Å²) in [6, 6.07) is 0. The Hall–Kier alpha value is -0.880. The number of rotatable bonds is 1. The van der Waals surface area contributed by atoms with Crippen LogP contribution in [0.4, 0.5) is 22.0 Å². The lowest BCUT2D eigenvalue weighted by atomic mass is 10.3. The SMILES string of the molecule is O=C(N1CCCC1)C(F)(F)C(F)(F)F. The number of nitrogens with zero attached hydrogens (tertiary/aromatic N) is 1. The van der Waals surface area contributed by atoms with E-state index < -0.39 is 18.0 Å². The molecule has 0 atom stereocenters. The van der Waals surface area contributed by atoms with E-state index >= 15 is 0 Å². The molecule has 1 amide bonds. The average molecular weight is 217 g/mol. The third-order valence-corrected chi connectivity index (χ3v) is 2.02. The summed E-state index contributed by atoms with van der Waals surface area (Å²) in [5, 5.41) is 0. The summed E-state index contributed by atoms with van der Waals surface area (Å²) in [4.78, 5) is 11.3. The molecular weight excluding hydrogens is 209 g/mol. The highest BCUT2D eigenvalue weighted by molar-refractivity contribution is 5.84. The van der Waals surface area contributed by atoms with Gasteiger partial charge < -0.3 is 4.90 Å². The molecule has 0 aromatic heterocycles. The van der Waals surface area contributed by atoms with Crippen LogP contribution in [0.5, 0.6) is 0 Å². The van der Waals surface area contributed by atoms with Crippen molar-refractivity contribution in [2.75, 3.05) is 13.1 Å². The Bertz CT molecular complexity index is 231. The number of hydrogen-bond acceptors (Lipinski definition) is 1. The van der Waals surface area contributed by atoms with Gasteiger partial charge in [0.25, 0.3) is 0 Å². The van der Waals surface area contributed by atoms with Crippen LogP contribution in [0.1, 0.15) is 12.8 Å². The molecule has 0 aliphatic carbocycles. The quantitative estimate of drug-likeness (QED) is 0.613. The highest BCUT2D eigenvalue weighted by Gasteiger charge is 2.64. The maximum absolute atomic E-state index is 12.5. The first-order chi connectivity index (χ1) is 6.27. The third-order valence-electron chi connectivity index (χ3n) is 2.02. The molecule has 1 saturated heterocycles.